The van der Waals surface area contributed by atoms with Gasteiger partial charge in [0, 0.05) is 44.3 Å². The van der Waals surface area contributed by atoms with Crippen molar-refractivity contribution in [1.29, 1.82) is 0 Å². The maximum Gasteiger partial charge on any atom is 0.321 e. The molecule has 0 atom stereocenters. The third kappa shape index (κ3) is 4.94. The summed E-state index contributed by atoms with van der Waals surface area (Å²) in [5, 5.41) is 6.02. The van der Waals surface area contributed by atoms with E-state index in [0.29, 0.717) is 12.6 Å². The van der Waals surface area contributed by atoms with Crippen LogP contribution in [-0.2, 0) is 11.3 Å². The molecule has 172 valence electrons. The van der Waals surface area contributed by atoms with Crippen molar-refractivity contribution in [3.8, 4) is 0 Å². The van der Waals surface area contributed by atoms with Gasteiger partial charge in [0.2, 0.25) is 5.91 Å². The molecule has 0 aliphatic carbocycles. The molecule has 1 aromatic heterocycles. The Morgan fingerprint density at radius 1 is 1.00 bits per heavy atom. The highest BCUT2D eigenvalue weighted by Crippen LogP contribution is 2.26. The van der Waals surface area contributed by atoms with Crippen molar-refractivity contribution >= 4 is 34.7 Å². The zero-order valence-electron chi connectivity index (χ0n) is 18.6. The van der Waals surface area contributed by atoms with Crippen LogP contribution in [0.25, 0.3) is 11.1 Å². The van der Waals surface area contributed by atoms with E-state index in [1.165, 1.54) is 0 Å². The van der Waals surface area contributed by atoms with Gasteiger partial charge in [-0.05, 0) is 55.5 Å². The Morgan fingerprint density at radius 2 is 1.79 bits per heavy atom. The van der Waals surface area contributed by atoms with Gasteiger partial charge in [0.15, 0.2) is 5.58 Å². The number of oxazole rings is 1. The number of hydrogen-bond donors (Lipinski definition) is 2. The van der Waals surface area contributed by atoms with Crippen LogP contribution in [0.4, 0.5) is 16.5 Å². The predicted octanol–water partition coefficient (Wildman–Crippen LogP) is 3.99. The van der Waals surface area contributed by atoms with Crippen LogP contribution in [0.1, 0.15) is 31.2 Å². The number of likely N-dealkylation sites (tertiary alicyclic amines) is 1. The van der Waals surface area contributed by atoms with E-state index in [1.54, 1.807) is 0 Å². The molecule has 0 unspecified atom stereocenters. The molecule has 2 aliphatic rings. The number of amides is 3. The van der Waals surface area contributed by atoms with E-state index in [-0.39, 0.29) is 17.9 Å². The van der Waals surface area contributed by atoms with Crippen LogP contribution < -0.4 is 15.5 Å². The first-order valence-electron chi connectivity index (χ1n) is 11.7. The fourth-order valence-corrected chi connectivity index (χ4v) is 4.54. The average molecular weight is 448 g/mol. The first-order chi connectivity index (χ1) is 16.2. The van der Waals surface area contributed by atoms with E-state index in [2.05, 4.69) is 20.5 Å². The standard InChI is InChI=1S/C25H29N5O3/c31-23(19-10-14-30(15-11-19)25-28-21-8-1-2-9-22(21)33-25)26-17-18-6-5-7-20(16-18)27-24(32)29-12-3-4-13-29/h1-2,5-9,16,19H,3-4,10-15,17H2,(H,26,31)(H,27,32). The molecule has 8 nitrogen and oxygen atoms in total. The Hall–Kier alpha value is -3.55. The number of urea groups is 1. The minimum Gasteiger partial charge on any atom is -0.423 e. The number of fused-ring (bicyclic) bond motifs is 1. The molecule has 3 aromatic rings. The normalized spacial score (nSPS) is 16.8. The Bertz CT molecular complexity index is 1100. The second-order valence-corrected chi connectivity index (χ2v) is 8.77. The van der Waals surface area contributed by atoms with Crippen LogP contribution in [0.5, 0.6) is 0 Å². The molecule has 5 rings (SSSR count). The van der Waals surface area contributed by atoms with Crippen LogP contribution in [-0.4, -0.2) is 48.0 Å². The molecule has 3 heterocycles. The second-order valence-electron chi connectivity index (χ2n) is 8.77. The summed E-state index contributed by atoms with van der Waals surface area (Å²) in [6.45, 7) is 3.54. The number of aromatic nitrogens is 1. The van der Waals surface area contributed by atoms with Gasteiger partial charge in [0.1, 0.15) is 5.52 Å². The first kappa shape index (κ1) is 21.3. The Balaban J connectivity index is 1.11. The highest BCUT2D eigenvalue weighted by molar-refractivity contribution is 5.89. The predicted molar refractivity (Wildman–Crippen MR) is 127 cm³/mol. The lowest BCUT2D eigenvalue weighted by Crippen LogP contribution is -2.40. The first-order valence-corrected chi connectivity index (χ1v) is 11.7. The number of anilines is 2. The van der Waals surface area contributed by atoms with Crippen LogP contribution in [0.2, 0.25) is 0 Å². The van der Waals surface area contributed by atoms with E-state index >= 15 is 0 Å². The zero-order chi connectivity index (χ0) is 22.6. The highest BCUT2D eigenvalue weighted by atomic mass is 16.4. The lowest BCUT2D eigenvalue weighted by Gasteiger charge is -2.30. The minimum atomic E-state index is -0.0561. The van der Waals surface area contributed by atoms with Crippen molar-refractivity contribution in [2.24, 2.45) is 5.92 Å². The number of piperidine rings is 1. The van der Waals surface area contributed by atoms with Crippen molar-refractivity contribution in [1.82, 2.24) is 15.2 Å². The summed E-state index contributed by atoms with van der Waals surface area (Å²) >= 11 is 0. The fraction of sp³-hybridized carbons (Fsp3) is 0.400. The molecule has 0 bridgehead atoms. The molecule has 2 fully saturated rings. The number of hydrogen-bond acceptors (Lipinski definition) is 5. The third-order valence-electron chi connectivity index (χ3n) is 6.46. The summed E-state index contributed by atoms with van der Waals surface area (Å²) in [5.74, 6) is 0.0439. The second kappa shape index (κ2) is 9.52. The lowest BCUT2D eigenvalue weighted by molar-refractivity contribution is -0.125. The molecule has 0 radical (unpaired) electrons. The van der Waals surface area contributed by atoms with Gasteiger partial charge in [0.05, 0.1) is 0 Å². The Kier molecular flexibility index (Phi) is 6.15. The monoisotopic (exact) mass is 447 g/mol. The molecular formula is C25H29N5O3. The van der Waals surface area contributed by atoms with Crippen LogP contribution in [0.3, 0.4) is 0 Å². The van der Waals surface area contributed by atoms with Crippen LogP contribution in [0.15, 0.2) is 52.9 Å². The Morgan fingerprint density at radius 3 is 2.58 bits per heavy atom. The van der Waals surface area contributed by atoms with E-state index in [4.69, 9.17) is 4.42 Å². The number of para-hydroxylation sites is 2. The van der Waals surface area contributed by atoms with Crippen LogP contribution in [0, 0.1) is 5.92 Å². The van der Waals surface area contributed by atoms with E-state index in [9.17, 15) is 9.59 Å². The molecular weight excluding hydrogens is 418 g/mol. The summed E-state index contributed by atoms with van der Waals surface area (Å²) in [6.07, 6.45) is 3.65. The fourth-order valence-electron chi connectivity index (χ4n) is 4.54. The summed E-state index contributed by atoms with van der Waals surface area (Å²) in [6, 6.07) is 16.0. The molecule has 8 heteroatoms. The smallest absolute Gasteiger partial charge is 0.321 e. The molecule has 2 aliphatic heterocycles. The van der Waals surface area contributed by atoms with Gasteiger partial charge in [-0.1, -0.05) is 24.3 Å². The molecule has 0 saturated carbocycles. The van der Waals surface area contributed by atoms with Gasteiger partial charge >= 0.3 is 6.03 Å². The number of benzene rings is 2. The molecule has 2 aromatic carbocycles. The average Bonchev–Trinajstić information content (AvgIpc) is 3.53. The van der Waals surface area contributed by atoms with Crippen molar-refractivity contribution in [3.63, 3.8) is 0 Å². The molecule has 0 spiro atoms. The summed E-state index contributed by atoms with van der Waals surface area (Å²) in [5.41, 5.74) is 3.36. The lowest BCUT2D eigenvalue weighted by atomic mass is 9.96. The van der Waals surface area contributed by atoms with Gasteiger partial charge in [-0.25, -0.2) is 4.79 Å². The van der Waals surface area contributed by atoms with Gasteiger partial charge in [-0.3, -0.25) is 4.79 Å². The van der Waals surface area contributed by atoms with Gasteiger partial charge < -0.3 is 24.9 Å². The largest absolute Gasteiger partial charge is 0.423 e. The van der Waals surface area contributed by atoms with Gasteiger partial charge in [0.25, 0.3) is 6.01 Å². The van der Waals surface area contributed by atoms with Crippen molar-refractivity contribution < 1.29 is 14.0 Å². The van der Waals surface area contributed by atoms with Crippen molar-refractivity contribution in [2.45, 2.75) is 32.2 Å². The zero-order valence-corrected chi connectivity index (χ0v) is 18.6. The molecule has 2 saturated heterocycles. The van der Waals surface area contributed by atoms with Crippen molar-refractivity contribution in [3.05, 3.63) is 54.1 Å². The third-order valence-corrected chi connectivity index (χ3v) is 6.46. The SMILES string of the molecule is O=C(NCc1cccc(NC(=O)N2CCCC2)c1)C1CCN(c2nc3ccccc3o2)CC1. The molecule has 33 heavy (non-hydrogen) atoms. The number of carbonyl (C=O) groups excluding carboxylic acids is 2. The number of rotatable bonds is 5. The highest BCUT2D eigenvalue weighted by Gasteiger charge is 2.27. The quantitative estimate of drug-likeness (QED) is 0.617. The topological polar surface area (TPSA) is 90.7 Å². The van der Waals surface area contributed by atoms with E-state index in [1.807, 2.05) is 53.4 Å². The maximum absolute atomic E-state index is 12.7. The van der Waals surface area contributed by atoms with E-state index in [0.717, 1.165) is 74.2 Å². The molecule has 3 amide bonds. The van der Waals surface area contributed by atoms with Gasteiger partial charge in [-0.2, -0.15) is 4.98 Å². The number of nitrogens with zero attached hydrogens (tertiary/aromatic N) is 3. The minimum absolute atomic E-state index is 0.0244. The van der Waals surface area contributed by atoms with Crippen molar-refractivity contribution in [2.75, 3.05) is 36.4 Å². The van der Waals surface area contributed by atoms with Gasteiger partial charge in [-0.15, -0.1) is 0 Å². The Labute approximate surface area is 192 Å². The van der Waals surface area contributed by atoms with E-state index < -0.39 is 0 Å². The number of carbonyl (C=O) groups is 2. The van der Waals surface area contributed by atoms with Crippen LogP contribution >= 0.6 is 0 Å². The summed E-state index contributed by atoms with van der Waals surface area (Å²) < 4.78 is 5.86. The maximum atomic E-state index is 12.7. The molecule has 2 N–H and O–H groups in total. The summed E-state index contributed by atoms with van der Waals surface area (Å²) in [7, 11) is 0. The summed E-state index contributed by atoms with van der Waals surface area (Å²) in [4.78, 5) is 33.6. The number of nitrogens with one attached hydrogen (secondary N) is 2.